The van der Waals surface area contributed by atoms with Gasteiger partial charge in [-0.2, -0.15) is 0 Å². The van der Waals surface area contributed by atoms with Crippen molar-refractivity contribution in [3.8, 4) is 5.75 Å². The van der Waals surface area contributed by atoms with E-state index in [4.69, 9.17) is 0 Å². The predicted octanol–water partition coefficient (Wildman–Crippen LogP) is 3.90. The van der Waals surface area contributed by atoms with Gasteiger partial charge in [-0.15, -0.1) is 0 Å². The number of carbonyl (C=O) groups is 2. The van der Waals surface area contributed by atoms with Crippen LogP contribution in [0, 0.1) is 5.82 Å². The molecule has 0 saturated heterocycles. The standard InChI is InChI=1S/C26H21FN4O3/c1-30(13-17-4-2-10-28-12-17)25(33)21-19-5-3-11-29-23(19)24(32)22-20(21)15-31(26(22)34)14-16-6-8-18(27)9-7-16/h2-12,32H,13-15H2,1H3. The van der Waals surface area contributed by atoms with Crippen LogP contribution in [0.3, 0.4) is 0 Å². The number of amides is 2. The van der Waals surface area contributed by atoms with Gasteiger partial charge in [0.2, 0.25) is 0 Å². The molecule has 4 aromatic rings. The van der Waals surface area contributed by atoms with E-state index in [1.807, 2.05) is 6.07 Å². The van der Waals surface area contributed by atoms with Gasteiger partial charge >= 0.3 is 0 Å². The van der Waals surface area contributed by atoms with Crippen molar-refractivity contribution in [2.24, 2.45) is 0 Å². The Labute approximate surface area is 195 Å². The van der Waals surface area contributed by atoms with Crippen LogP contribution in [0.25, 0.3) is 10.9 Å². The van der Waals surface area contributed by atoms with E-state index in [2.05, 4.69) is 9.97 Å². The van der Waals surface area contributed by atoms with Gasteiger partial charge in [0, 0.05) is 56.2 Å². The lowest BCUT2D eigenvalue weighted by atomic mass is 9.95. The minimum atomic E-state index is -0.395. The number of benzene rings is 2. The van der Waals surface area contributed by atoms with Crippen LogP contribution in [-0.4, -0.2) is 43.7 Å². The molecule has 8 heteroatoms. The first-order chi connectivity index (χ1) is 16.4. The first-order valence-electron chi connectivity index (χ1n) is 10.7. The molecule has 1 N–H and O–H groups in total. The maximum absolute atomic E-state index is 13.7. The van der Waals surface area contributed by atoms with Gasteiger partial charge in [-0.3, -0.25) is 19.6 Å². The molecule has 0 aliphatic carbocycles. The van der Waals surface area contributed by atoms with Gasteiger partial charge in [0.15, 0.2) is 5.75 Å². The van der Waals surface area contributed by atoms with E-state index in [0.29, 0.717) is 23.1 Å². The first kappa shape index (κ1) is 21.5. The minimum absolute atomic E-state index is 0.0893. The Hall–Kier alpha value is -4.33. The van der Waals surface area contributed by atoms with E-state index in [1.54, 1.807) is 54.7 Å². The molecule has 2 aromatic carbocycles. The van der Waals surface area contributed by atoms with Crippen molar-refractivity contribution < 1.29 is 19.1 Å². The summed E-state index contributed by atoms with van der Waals surface area (Å²) in [5, 5.41) is 11.4. The van der Waals surface area contributed by atoms with Crippen molar-refractivity contribution >= 4 is 22.7 Å². The third-order valence-corrected chi connectivity index (χ3v) is 5.98. The molecule has 0 saturated carbocycles. The second-order valence-electron chi connectivity index (χ2n) is 8.29. The maximum atomic E-state index is 13.7. The summed E-state index contributed by atoms with van der Waals surface area (Å²) in [6.07, 6.45) is 4.87. The van der Waals surface area contributed by atoms with Crippen LogP contribution in [0.1, 0.15) is 37.4 Å². The van der Waals surface area contributed by atoms with Crippen LogP contribution in [0.4, 0.5) is 4.39 Å². The number of fused-ring (bicyclic) bond motifs is 2. The van der Waals surface area contributed by atoms with E-state index in [-0.39, 0.29) is 41.6 Å². The highest BCUT2D eigenvalue weighted by molar-refractivity contribution is 6.15. The molecule has 0 fully saturated rings. The number of hydrogen-bond donors (Lipinski definition) is 1. The fourth-order valence-corrected chi connectivity index (χ4v) is 4.36. The number of aromatic nitrogens is 2. The monoisotopic (exact) mass is 456 g/mol. The topological polar surface area (TPSA) is 86.6 Å². The molecule has 0 radical (unpaired) electrons. The second-order valence-corrected chi connectivity index (χ2v) is 8.29. The van der Waals surface area contributed by atoms with Crippen molar-refractivity contribution in [1.82, 2.24) is 19.8 Å². The highest BCUT2D eigenvalue weighted by atomic mass is 19.1. The Morgan fingerprint density at radius 3 is 2.62 bits per heavy atom. The Morgan fingerprint density at radius 1 is 1.12 bits per heavy atom. The summed E-state index contributed by atoms with van der Waals surface area (Å²) in [6.45, 7) is 0.694. The van der Waals surface area contributed by atoms with Crippen molar-refractivity contribution in [1.29, 1.82) is 0 Å². The highest BCUT2D eigenvalue weighted by Gasteiger charge is 2.37. The van der Waals surface area contributed by atoms with Gasteiger partial charge in [-0.05, 0) is 35.4 Å². The number of hydrogen-bond acceptors (Lipinski definition) is 5. The number of phenols is 1. The van der Waals surface area contributed by atoms with E-state index >= 15 is 0 Å². The fraction of sp³-hybridized carbons (Fsp3) is 0.154. The molecule has 2 amide bonds. The number of pyridine rings is 2. The predicted molar refractivity (Wildman–Crippen MR) is 123 cm³/mol. The molecule has 1 aliphatic heterocycles. The summed E-state index contributed by atoms with van der Waals surface area (Å²) in [6, 6.07) is 13.0. The molecule has 0 bridgehead atoms. The summed E-state index contributed by atoms with van der Waals surface area (Å²) in [5.74, 6) is -1.27. The molecule has 34 heavy (non-hydrogen) atoms. The van der Waals surface area contributed by atoms with Crippen LogP contribution in [0.15, 0.2) is 67.1 Å². The zero-order valence-corrected chi connectivity index (χ0v) is 18.4. The third kappa shape index (κ3) is 3.73. The molecular weight excluding hydrogens is 435 g/mol. The molecule has 170 valence electrons. The molecule has 5 rings (SSSR count). The Kier molecular flexibility index (Phi) is 5.41. The van der Waals surface area contributed by atoms with E-state index in [1.165, 1.54) is 23.2 Å². The normalized spacial score (nSPS) is 12.8. The van der Waals surface area contributed by atoms with Gasteiger partial charge in [-0.25, -0.2) is 4.39 Å². The number of phenolic OH excluding ortho intramolecular Hbond substituents is 1. The van der Waals surface area contributed by atoms with Crippen LogP contribution < -0.4 is 0 Å². The van der Waals surface area contributed by atoms with E-state index < -0.39 is 5.91 Å². The Bertz CT molecular complexity index is 1410. The largest absolute Gasteiger partial charge is 0.505 e. The van der Waals surface area contributed by atoms with Crippen molar-refractivity contribution in [2.45, 2.75) is 19.6 Å². The summed E-state index contributed by atoms with van der Waals surface area (Å²) in [7, 11) is 1.68. The van der Waals surface area contributed by atoms with Crippen molar-refractivity contribution in [3.05, 3.63) is 101 Å². The first-order valence-corrected chi connectivity index (χ1v) is 10.7. The quantitative estimate of drug-likeness (QED) is 0.492. The number of halogens is 1. The molecule has 0 atom stereocenters. The van der Waals surface area contributed by atoms with Crippen LogP contribution in [-0.2, 0) is 19.6 Å². The average Bonchev–Trinajstić information content (AvgIpc) is 3.17. The SMILES string of the molecule is CN(Cc1cccnc1)C(=O)c1c2c(c(O)c3ncccc13)C(=O)N(Cc1ccc(F)cc1)C2. The molecule has 7 nitrogen and oxygen atoms in total. The lowest BCUT2D eigenvalue weighted by Crippen LogP contribution is -2.28. The molecule has 2 aromatic heterocycles. The van der Waals surface area contributed by atoms with Gasteiger partial charge in [0.1, 0.15) is 11.3 Å². The lowest BCUT2D eigenvalue weighted by molar-refractivity contribution is 0.0756. The van der Waals surface area contributed by atoms with E-state index in [0.717, 1.165) is 11.1 Å². The zero-order chi connectivity index (χ0) is 23.8. The Balaban J connectivity index is 1.57. The van der Waals surface area contributed by atoms with Crippen molar-refractivity contribution in [3.63, 3.8) is 0 Å². The molecular formula is C26H21FN4O3. The summed E-state index contributed by atoms with van der Waals surface area (Å²) in [4.78, 5) is 38.4. The molecule has 1 aliphatic rings. The number of rotatable bonds is 5. The zero-order valence-electron chi connectivity index (χ0n) is 18.4. The number of nitrogens with zero attached hydrogens (tertiary/aromatic N) is 4. The summed E-state index contributed by atoms with van der Waals surface area (Å²) < 4.78 is 13.3. The fourth-order valence-electron chi connectivity index (χ4n) is 4.36. The summed E-state index contributed by atoms with van der Waals surface area (Å²) in [5.41, 5.74) is 2.71. The number of carbonyl (C=O) groups excluding carboxylic acids is 2. The maximum Gasteiger partial charge on any atom is 0.258 e. The van der Waals surface area contributed by atoms with Crippen LogP contribution in [0.5, 0.6) is 5.75 Å². The van der Waals surface area contributed by atoms with Crippen LogP contribution >= 0.6 is 0 Å². The molecule has 0 spiro atoms. The van der Waals surface area contributed by atoms with Gasteiger partial charge in [0.05, 0.1) is 11.1 Å². The second kappa shape index (κ2) is 8.55. The van der Waals surface area contributed by atoms with Gasteiger partial charge in [0.25, 0.3) is 11.8 Å². The smallest absolute Gasteiger partial charge is 0.258 e. The lowest BCUT2D eigenvalue weighted by Gasteiger charge is -2.20. The van der Waals surface area contributed by atoms with Gasteiger partial charge in [-0.1, -0.05) is 24.3 Å². The third-order valence-electron chi connectivity index (χ3n) is 5.98. The minimum Gasteiger partial charge on any atom is -0.505 e. The van der Waals surface area contributed by atoms with E-state index in [9.17, 15) is 19.1 Å². The average molecular weight is 456 g/mol. The number of aromatic hydroxyl groups is 1. The summed E-state index contributed by atoms with van der Waals surface area (Å²) >= 11 is 0. The van der Waals surface area contributed by atoms with Crippen molar-refractivity contribution in [2.75, 3.05) is 7.05 Å². The Morgan fingerprint density at radius 2 is 1.88 bits per heavy atom. The van der Waals surface area contributed by atoms with Crippen LogP contribution in [0.2, 0.25) is 0 Å². The molecule has 0 unspecified atom stereocenters. The highest BCUT2D eigenvalue weighted by Crippen LogP contribution is 2.40. The van der Waals surface area contributed by atoms with Gasteiger partial charge < -0.3 is 14.9 Å². The molecule has 3 heterocycles.